The Labute approximate surface area is 142 Å². The van der Waals surface area contributed by atoms with E-state index in [0.717, 1.165) is 5.56 Å². The van der Waals surface area contributed by atoms with Crippen LogP contribution in [0.3, 0.4) is 0 Å². The zero-order valence-corrected chi connectivity index (χ0v) is 16.1. The third-order valence-corrected chi connectivity index (χ3v) is 6.56. The highest BCUT2D eigenvalue weighted by Gasteiger charge is 2.28. The molecule has 0 aliphatic heterocycles. The van der Waals surface area contributed by atoms with Crippen LogP contribution >= 0.6 is 31.9 Å². The topological polar surface area (TPSA) is 66.5 Å². The highest BCUT2D eigenvalue weighted by molar-refractivity contribution is 9.11. The van der Waals surface area contributed by atoms with Gasteiger partial charge in [-0.1, -0.05) is 22.9 Å². The molecule has 0 fully saturated rings. The summed E-state index contributed by atoms with van der Waals surface area (Å²) in [6.07, 6.45) is 0.626. The average molecular weight is 442 g/mol. The molecule has 1 aromatic rings. The molecule has 1 N–H and O–H groups in total. The average Bonchev–Trinajstić information content (AvgIpc) is 2.41. The quantitative estimate of drug-likeness (QED) is 0.737. The van der Waals surface area contributed by atoms with Crippen molar-refractivity contribution in [2.45, 2.75) is 25.2 Å². The number of carbonyl (C=O) groups is 1. The molecule has 118 valence electrons. The normalized spacial score (nSPS) is 11.7. The first kappa shape index (κ1) is 18.6. The van der Waals surface area contributed by atoms with Crippen LogP contribution in [0.4, 0.5) is 0 Å². The van der Waals surface area contributed by atoms with Crippen molar-refractivity contribution in [2.75, 3.05) is 20.1 Å². The number of halogens is 2. The Balaban J connectivity index is 3.28. The van der Waals surface area contributed by atoms with E-state index in [-0.39, 0.29) is 23.9 Å². The summed E-state index contributed by atoms with van der Waals surface area (Å²) in [5, 5.41) is 2.45. The van der Waals surface area contributed by atoms with Crippen LogP contribution in [0, 0.1) is 6.92 Å². The van der Waals surface area contributed by atoms with Crippen molar-refractivity contribution in [1.29, 1.82) is 0 Å². The minimum absolute atomic E-state index is 0.150. The molecule has 0 bridgehead atoms. The minimum atomic E-state index is -3.74. The fourth-order valence-corrected chi connectivity index (χ4v) is 4.86. The number of sulfonamides is 1. The molecule has 0 heterocycles. The van der Waals surface area contributed by atoms with Crippen LogP contribution in [0.5, 0.6) is 0 Å². The highest BCUT2D eigenvalue weighted by atomic mass is 79.9. The lowest BCUT2D eigenvalue weighted by atomic mass is 10.2. The largest absolute Gasteiger partial charge is 0.358 e. The molecule has 0 atom stereocenters. The molecule has 0 unspecified atom stereocenters. The van der Waals surface area contributed by atoms with Crippen LogP contribution in [-0.4, -0.2) is 38.8 Å². The lowest BCUT2D eigenvalue weighted by Gasteiger charge is -2.22. The van der Waals surface area contributed by atoms with Crippen molar-refractivity contribution in [3.8, 4) is 0 Å². The van der Waals surface area contributed by atoms with E-state index in [9.17, 15) is 13.2 Å². The van der Waals surface area contributed by atoms with Gasteiger partial charge in [0.1, 0.15) is 0 Å². The van der Waals surface area contributed by atoms with Crippen LogP contribution in [0.25, 0.3) is 0 Å². The van der Waals surface area contributed by atoms with Gasteiger partial charge < -0.3 is 5.32 Å². The van der Waals surface area contributed by atoms with Crippen molar-refractivity contribution in [2.24, 2.45) is 0 Å². The van der Waals surface area contributed by atoms with E-state index in [1.54, 1.807) is 12.1 Å². The first-order valence-corrected chi connectivity index (χ1v) is 9.43. The van der Waals surface area contributed by atoms with Gasteiger partial charge in [0, 0.05) is 22.5 Å². The molecular weight excluding hydrogens is 424 g/mol. The number of rotatable bonds is 6. The number of hydrogen-bond acceptors (Lipinski definition) is 3. The monoisotopic (exact) mass is 440 g/mol. The highest BCUT2D eigenvalue weighted by Crippen LogP contribution is 2.30. The third kappa shape index (κ3) is 4.51. The fourth-order valence-electron chi connectivity index (χ4n) is 1.74. The summed E-state index contributed by atoms with van der Waals surface area (Å²) in [7, 11) is -2.26. The summed E-state index contributed by atoms with van der Waals surface area (Å²) >= 11 is 6.63. The molecule has 0 saturated heterocycles. The second-order valence-corrected chi connectivity index (χ2v) is 8.16. The summed E-state index contributed by atoms with van der Waals surface area (Å²) in [6.45, 7) is 3.84. The SMILES string of the molecule is CCCN(CC(=O)NC)S(=O)(=O)c1cc(Br)c(C)cc1Br. The predicted molar refractivity (Wildman–Crippen MR) is 89.7 cm³/mol. The van der Waals surface area contributed by atoms with Crippen molar-refractivity contribution < 1.29 is 13.2 Å². The van der Waals surface area contributed by atoms with Crippen LogP contribution in [0.2, 0.25) is 0 Å². The Kier molecular flexibility index (Phi) is 6.83. The van der Waals surface area contributed by atoms with Gasteiger partial charge in [-0.05, 0) is 47.0 Å². The summed E-state index contributed by atoms with van der Waals surface area (Å²) < 4.78 is 27.9. The van der Waals surface area contributed by atoms with Gasteiger partial charge in [-0.25, -0.2) is 8.42 Å². The van der Waals surface area contributed by atoms with Crippen LogP contribution < -0.4 is 5.32 Å². The first-order valence-electron chi connectivity index (χ1n) is 6.40. The maximum Gasteiger partial charge on any atom is 0.244 e. The zero-order chi connectivity index (χ0) is 16.2. The van der Waals surface area contributed by atoms with Gasteiger partial charge in [-0.3, -0.25) is 4.79 Å². The van der Waals surface area contributed by atoms with Gasteiger partial charge in [0.2, 0.25) is 15.9 Å². The van der Waals surface area contributed by atoms with Gasteiger partial charge in [-0.2, -0.15) is 4.31 Å². The third-order valence-electron chi connectivity index (χ3n) is 2.90. The Hall–Kier alpha value is -0.440. The molecule has 1 amide bonds. The summed E-state index contributed by atoms with van der Waals surface area (Å²) in [4.78, 5) is 11.7. The van der Waals surface area contributed by atoms with Crippen molar-refractivity contribution in [3.05, 3.63) is 26.6 Å². The lowest BCUT2D eigenvalue weighted by molar-refractivity contribution is -0.120. The fraction of sp³-hybridized carbons (Fsp3) is 0.462. The Morgan fingerprint density at radius 2 is 1.90 bits per heavy atom. The van der Waals surface area contributed by atoms with Gasteiger partial charge in [0.25, 0.3) is 0 Å². The molecule has 0 radical (unpaired) electrons. The Morgan fingerprint density at radius 3 is 2.43 bits per heavy atom. The summed E-state index contributed by atoms with van der Waals surface area (Å²) in [5.41, 5.74) is 0.925. The second-order valence-electron chi connectivity index (χ2n) is 4.54. The second kappa shape index (κ2) is 7.71. The van der Waals surface area contributed by atoms with Crippen LogP contribution in [0.15, 0.2) is 26.0 Å². The molecule has 0 saturated carbocycles. The van der Waals surface area contributed by atoms with Gasteiger partial charge in [0.05, 0.1) is 11.4 Å². The molecule has 1 aromatic carbocycles. The molecule has 1 rings (SSSR count). The van der Waals surface area contributed by atoms with E-state index in [1.165, 1.54) is 11.4 Å². The van der Waals surface area contributed by atoms with E-state index in [4.69, 9.17) is 0 Å². The number of aryl methyl sites for hydroxylation is 1. The number of nitrogens with one attached hydrogen (secondary N) is 1. The molecule has 0 aromatic heterocycles. The number of amides is 1. The molecule has 21 heavy (non-hydrogen) atoms. The smallest absolute Gasteiger partial charge is 0.244 e. The standard InChI is InChI=1S/C13H18Br2N2O3S/c1-4-5-17(8-13(18)16-3)21(19,20)12-7-10(14)9(2)6-11(12)15/h6-7H,4-5,8H2,1-3H3,(H,16,18). The predicted octanol–water partition coefficient (Wildman–Crippen LogP) is 2.67. The number of hydrogen-bond donors (Lipinski definition) is 1. The van der Waals surface area contributed by atoms with E-state index < -0.39 is 10.0 Å². The lowest BCUT2D eigenvalue weighted by Crippen LogP contribution is -2.40. The molecule has 0 aliphatic rings. The van der Waals surface area contributed by atoms with E-state index in [0.29, 0.717) is 15.4 Å². The van der Waals surface area contributed by atoms with Crippen molar-refractivity contribution >= 4 is 47.8 Å². The van der Waals surface area contributed by atoms with Crippen LogP contribution in [0.1, 0.15) is 18.9 Å². The number of benzene rings is 1. The van der Waals surface area contributed by atoms with E-state index in [1.807, 2.05) is 13.8 Å². The van der Waals surface area contributed by atoms with E-state index in [2.05, 4.69) is 37.2 Å². The van der Waals surface area contributed by atoms with Crippen molar-refractivity contribution in [3.63, 3.8) is 0 Å². The van der Waals surface area contributed by atoms with Gasteiger partial charge in [-0.15, -0.1) is 0 Å². The number of nitrogens with zero attached hydrogens (tertiary/aromatic N) is 1. The van der Waals surface area contributed by atoms with Gasteiger partial charge >= 0.3 is 0 Å². The zero-order valence-electron chi connectivity index (χ0n) is 12.1. The first-order chi connectivity index (χ1) is 9.73. The molecule has 0 spiro atoms. The van der Waals surface area contributed by atoms with Gasteiger partial charge in [0.15, 0.2) is 0 Å². The maximum absolute atomic E-state index is 12.8. The molecule has 8 heteroatoms. The molecular formula is C13H18Br2N2O3S. The maximum atomic E-state index is 12.8. The summed E-state index contributed by atoms with van der Waals surface area (Å²) in [5.74, 6) is -0.339. The summed E-state index contributed by atoms with van der Waals surface area (Å²) in [6, 6.07) is 3.29. The minimum Gasteiger partial charge on any atom is -0.358 e. The number of carbonyl (C=O) groups excluding carboxylic acids is 1. The Bertz CT molecular complexity index is 633. The van der Waals surface area contributed by atoms with Crippen molar-refractivity contribution in [1.82, 2.24) is 9.62 Å². The Morgan fingerprint density at radius 1 is 1.29 bits per heavy atom. The molecule has 5 nitrogen and oxygen atoms in total. The van der Waals surface area contributed by atoms with E-state index >= 15 is 0 Å². The van der Waals surface area contributed by atoms with Crippen LogP contribution in [-0.2, 0) is 14.8 Å². The molecule has 0 aliphatic carbocycles. The number of likely N-dealkylation sites (N-methyl/N-ethyl adjacent to an activating group) is 1.